The van der Waals surface area contributed by atoms with E-state index >= 15 is 0 Å². The third-order valence-corrected chi connectivity index (χ3v) is 2.66. The van der Waals surface area contributed by atoms with Crippen LogP contribution in [0.1, 0.15) is 19.8 Å². The summed E-state index contributed by atoms with van der Waals surface area (Å²) in [5.74, 6) is -0.139. The van der Waals surface area contributed by atoms with E-state index in [2.05, 4.69) is 17.2 Å². The first-order chi connectivity index (χ1) is 9.21. The number of halogens is 4. The Morgan fingerprint density at radius 3 is 2.24 bits per heavy atom. The van der Waals surface area contributed by atoms with Crippen LogP contribution in [0.4, 0.5) is 13.2 Å². The Balaban J connectivity index is 0. The first kappa shape index (κ1) is 22.5. The molecular weight excluding hydrogens is 400 g/mol. The molecule has 0 heterocycles. The minimum atomic E-state index is -4.38. The van der Waals surface area contributed by atoms with Crippen LogP contribution in [0.25, 0.3) is 0 Å². The van der Waals surface area contributed by atoms with Gasteiger partial charge in [0, 0.05) is 27.7 Å². The summed E-state index contributed by atoms with van der Waals surface area (Å²) in [6.45, 7) is 1.36. The van der Waals surface area contributed by atoms with Crippen LogP contribution in [-0.2, 0) is 4.79 Å². The van der Waals surface area contributed by atoms with E-state index in [4.69, 9.17) is 0 Å². The maximum Gasteiger partial charge on any atom is 0.406 e. The average Bonchev–Trinajstić information content (AvgIpc) is 2.34. The van der Waals surface area contributed by atoms with E-state index in [-0.39, 0.29) is 30.5 Å². The molecule has 1 amide bonds. The first-order valence-corrected chi connectivity index (χ1v) is 6.43. The average molecular weight is 424 g/mol. The van der Waals surface area contributed by atoms with Gasteiger partial charge in [0.25, 0.3) is 0 Å². The Morgan fingerprint density at radius 2 is 1.81 bits per heavy atom. The molecule has 1 N–H and O–H groups in total. The minimum absolute atomic E-state index is 0. The molecule has 0 fully saturated rings. The van der Waals surface area contributed by atoms with Gasteiger partial charge in [-0.1, -0.05) is 13.3 Å². The molecule has 0 aliphatic rings. The lowest BCUT2D eigenvalue weighted by molar-refractivity contribution is -0.157. The highest BCUT2D eigenvalue weighted by Gasteiger charge is 2.31. The first-order valence-electron chi connectivity index (χ1n) is 6.43. The van der Waals surface area contributed by atoms with Crippen LogP contribution >= 0.6 is 24.0 Å². The predicted octanol–water partition coefficient (Wildman–Crippen LogP) is 1.93. The highest BCUT2D eigenvalue weighted by Crippen LogP contribution is 2.15. The second-order valence-electron chi connectivity index (χ2n) is 4.54. The van der Waals surface area contributed by atoms with Crippen molar-refractivity contribution in [2.45, 2.75) is 25.9 Å². The van der Waals surface area contributed by atoms with Crippen molar-refractivity contribution in [2.75, 3.05) is 40.8 Å². The predicted molar refractivity (Wildman–Crippen MR) is 88.0 cm³/mol. The minimum Gasteiger partial charge on any atom is -0.347 e. The lowest BCUT2D eigenvalue weighted by Crippen LogP contribution is -2.46. The number of alkyl halides is 3. The Morgan fingerprint density at radius 1 is 1.24 bits per heavy atom. The Labute approximate surface area is 141 Å². The summed E-state index contributed by atoms with van der Waals surface area (Å²) in [6, 6.07) is 0. The highest BCUT2D eigenvalue weighted by molar-refractivity contribution is 14.0. The van der Waals surface area contributed by atoms with E-state index in [1.54, 1.807) is 7.05 Å². The van der Waals surface area contributed by atoms with E-state index in [0.29, 0.717) is 10.9 Å². The van der Waals surface area contributed by atoms with Gasteiger partial charge < -0.3 is 15.1 Å². The monoisotopic (exact) mass is 424 g/mol. The fraction of sp³-hybridized carbons (Fsp3) is 0.833. The SMILES string of the molecule is CCCCN(C)C(=NC)NCC(=O)N(C)CC(F)(F)F.I. The zero-order valence-electron chi connectivity index (χ0n) is 12.8. The molecule has 9 heteroatoms. The fourth-order valence-corrected chi connectivity index (χ4v) is 1.53. The summed E-state index contributed by atoms with van der Waals surface area (Å²) in [5.41, 5.74) is 0. The molecule has 0 bridgehead atoms. The normalized spacial score (nSPS) is 11.7. The van der Waals surface area contributed by atoms with Gasteiger partial charge in [-0.2, -0.15) is 13.2 Å². The molecule has 0 aliphatic carbocycles. The van der Waals surface area contributed by atoms with Crippen molar-refractivity contribution < 1.29 is 18.0 Å². The summed E-state index contributed by atoms with van der Waals surface area (Å²) < 4.78 is 36.5. The van der Waals surface area contributed by atoms with Crippen LogP contribution < -0.4 is 5.32 Å². The lowest BCUT2D eigenvalue weighted by atomic mass is 10.3. The number of hydrogen-bond donors (Lipinski definition) is 1. The molecule has 126 valence electrons. The summed E-state index contributed by atoms with van der Waals surface area (Å²) >= 11 is 0. The zero-order valence-corrected chi connectivity index (χ0v) is 15.2. The van der Waals surface area contributed by atoms with Crippen LogP contribution in [-0.4, -0.2) is 68.6 Å². The van der Waals surface area contributed by atoms with Crippen molar-refractivity contribution in [1.82, 2.24) is 15.1 Å². The third-order valence-electron chi connectivity index (χ3n) is 2.66. The molecular formula is C12H24F3IN4O. The van der Waals surface area contributed by atoms with Crippen molar-refractivity contribution in [2.24, 2.45) is 4.99 Å². The largest absolute Gasteiger partial charge is 0.406 e. The number of carbonyl (C=O) groups excluding carboxylic acids is 1. The molecule has 0 spiro atoms. The molecule has 0 aromatic carbocycles. The molecule has 0 aromatic rings. The Kier molecular flexibility index (Phi) is 11.7. The maximum absolute atomic E-state index is 12.2. The topological polar surface area (TPSA) is 47.9 Å². The van der Waals surface area contributed by atoms with Gasteiger partial charge in [-0.3, -0.25) is 9.79 Å². The molecule has 0 rings (SSSR count). The van der Waals surface area contributed by atoms with Gasteiger partial charge in [-0.15, -0.1) is 24.0 Å². The molecule has 0 radical (unpaired) electrons. The summed E-state index contributed by atoms with van der Waals surface area (Å²) in [4.78, 5) is 18.0. The van der Waals surface area contributed by atoms with Crippen LogP contribution in [0.3, 0.4) is 0 Å². The molecule has 0 aromatic heterocycles. The maximum atomic E-state index is 12.2. The van der Waals surface area contributed by atoms with Crippen LogP contribution in [0.2, 0.25) is 0 Å². The molecule has 0 saturated heterocycles. The number of nitrogens with one attached hydrogen (secondary N) is 1. The smallest absolute Gasteiger partial charge is 0.347 e. The number of guanidine groups is 1. The lowest BCUT2D eigenvalue weighted by Gasteiger charge is -2.23. The van der Waals surface area contributed by atoms with Gasteiger partial charge in [-0.25, -0.2) is 0 Å². The zero-order chi connectivity index (χ0) is 15.8. The van der Waals surface area contributed by atoms with Gasteiger partial charge in [-0.05, 0) is 6.42 Å². The van der Waals surface area contributed by atoms with Crippen molar-refractivity contribution >= 4 is 35.8 Å². The number of hydrogen-bond acceptors (Lipinski definition) is 2. The van der Waals surface area contributed by atoms with Crippen molar-refractivity contribution in [3.05, 3.63) is 0 Å². The number of amides is 1. The van der Waals surface area contributed by atoms with E-state index in [1.165, 1.54) is 0 Å². The highest BCUT2D eigenvalue weighted by atomic mass is 127. The molecule has 0 atom stereocenters. The number of carbonyl (C=O) groups is 1. The fourth-order valence-electron chi connectivity index (χ4n) is 1.53. The van der Waals surface area contributed by atoms with Crippen LogP contribution in [0.5, 0.6) is 0 Å². The second kappa shape index (κ2) is 10.9. The summed E-state index contributed by atoms with van der Waals surface area (Å²) in [6.07, 6.45) is -2.39. The Bertz CT molecular complexity index is 337. The number of unbranched alkanes of at least 4 members (excludes halogenated alkanes) is 1. The number of nitrogens with zero attached hydrogens (tertiary/aromatic N) is 3. The molecule has 0 saturated carbocycles. The van der Waals surface area contributed by atoms with Crippen molar-refractivity contribution in [3.63, 3.8) is 0 Å². The summed E-state index contributed by atoms with van der Waals surface area (Å²) in [7, 11) is 4.50. The van der Waals surface area contributed by atoms with Crippen LogP contribution in [0.15, 0.2) is 4.99 Å². The molecule has 0 unspecified atom stereocenters. The van der Waals surface area contributed by atoms with Gasteiger partial charge >= 0.3 is 6.18 Å². The van der Waals surface area contributed by atoms with Gasteiger partial charge in [0.1, 0.15) is 6.54 Å². The van der Waals surface area contributed by atoms with Gasteiger partial charge in [0.15, 0.2) is 5.96 Å². The number of aliphatic imine (C=N–C) groups is 1. The van der Waals surface area contributed by atoms with Crippen molar-refractivity contribution in [3.8, 4) is 0 Å². The Hall–Kier alpha value is -0.740. The van der Waals surface area contributed by atoms with Crippen LogP contribution in [0, 0.1) is 0 Å². The molecule has 21 heavy (non-hydrogen) atoms. The molecule has 0 aliphatic heterocycles. The van der Waals surface area contributed by atoms with E-state index in [0.717, 1.165) is 26.4 Å². The number of likely N-dealkylation sites (N-methyl/N-ethyl adjacent to an activating group) is 1. The van der Waals surface area contributed by atoms with Gasteiger partial charge in [0.2, 0.25) is 5.91 Å². The standard InChI is InChI=1S/C12H23F3N4O.HI/c1-5-6-7-18(3)11(16-2)17-8-10(20)19(4)9-12(13,14)15;/h5-9H2,1-4H3,(H,16,17);1H. The van der Waals surface area contributed by atoms with E-state index in [9.17, 15) is 18.0 Å². The van der Waals surface area contributed by atoms with Crippen molar-refractivity contribution in [1.29, 1.82) is 0 Å². The molecule has 5 nitrogen and oxygen atoms in total. The van der Waals surface area contributed by atoms with E-state index < -0.39 is 18.6 Å². The number of rotatable bonds is 6. The summed E-state index contributed by atoms with van der Waals surface area (Å²) in [5, 5.41) is 2.76. The second-order valence-corrected chi connectivity index (χ2v) is 4.54. The van der Waals surface area contributed by atoms with E-state index in [1.807, 2.05) is 11.9 Å². The van der Waals surface area contributed by atoms with Gasteiger partial charge in [0.05, 0.1) is 6.54 Å². The quantitative estimate of drug-likeness (QED) is 0.403. The third kappa shape index (κ3) is 10.6.